The fraction of sp³-hybridized carbons (Fsp3) is 0.500. The zero-order chi connectivity index (χ0) is 13.2. The molecule has 1 aliphatic carbocycles. The first-order valence-electron chi connectivity index (χ1n) is 6.68. The lowest BCUT2D eigenvalue weighted by atomic mass is 10.2. The summed E-state index contributed by atoms with van der Waals surface area (Å²) in [5.74, 6) is 0. The number of hydrogen-bond acceptors (Lipinski definition) is 3. The lowest BCUT2D eigenvalue weighted by Crippen LogP contribution is -2.07. The Morgan fingerprint density at radius 3 is 2.95 bits per heavy atom. The van der Waals surface area contributed by atoms with E-state index in [1.807, 2.05) is 17.5 Å². The molecular formula is C14H17BrN2OS. The molecule has 0 aliphatic heterocycles. The molecule has 0 spiro atoms. The van der Waals surface area contributed by atoms with Gasteiger partial charge in [0.25, 0.3) is 0 Å². The second kappa shape index (κ2) is 5.77. The number of aliphatic hydroxyl groups excluding tert-OH is 1. The van der Waals surface area contributed by atoms with E-state index in [-0.39, 0.29) is 0 Å². The van der Waals surface area contributed by atoms with Gasteiger partial charge in [-0.15, -0.1) is 11.3 Å². The van der Waals surface area contributed by atoms with Gasteiger partial charge in [0.2, 0.25) is 0 Å². The Morgan fingerprint density at radius 2 is 2.26 bits per heavy atom. The van der Waals surface area contributed by atoms with Crippen LogP contribution in [-0.4, -0.2) is 14.9 Å². The van der Waals surface area contributed by atoms with Gasteiger partial charge in [-0.2, -0.15) is 5.10 Å². The van der Waals surface area contributed by atoms with Crippen LogP contribution in [0.15, 0.2) is 28.2 Å². The highest BCUT2D eigenvalue weighted by Crippen LogP contribution is 2.30. The lowest BCUT2D eigenvalue weighted by Gasteiger charge is -2.09. The van der Waals surface area contributed by atoms with Crippen molar-refractivity contribution in [2.24, 2.45) is 0 Å². The number of rotatable bonds is 4. The van der Waals surface area contributed by atoms with Crippen LogP contribution in [0.4, 0.5) is 0 Å². The van der Waals surface area contributed by atoms with Gasteiger partial charge in [-0.3, -0.25) is 4.68 Å². The van der Waals surface area contributed by atoms with Crippen LogP contribution in [0, 0.1) is 0 Å². The largest absolute Gasteiger partial charge is 0.387 e. The van der Waals surface area contributed by atoms with Crippen molar-refractivity contribution in [1.29, 1.82) is 0 Å². The van der Waals surface area contributed by atoms with Gasteiger partial charge in [0.15, 0.2) is 0 Å². The van der Waals surface area contributed by atoms with Gasteiger partial charge >= 0.3 is 0 Å². The monoisotopic (exact) mass is 340 g/mol. The molecule has 2 aromatic heterocycles. The van der Waals surface area contributed by atoms with Crippen LogP contribution in [0.3, 0.4) is 0 Å². The Bertz CT molecular complexity index is 545. The molecule has 5 heteroatoms. The molecule has 2 heterocycles. The molecular weight excluding hydrogens is 324 g/mol. The highest BCUT2D eigenvalue weighted by atomic mass is 79.9. The molecule has 2 aromatic rings. The first-order valence-corrected chi connectivity index (χ1v) is 8.35. The summed E-state index contributed by atoms with van der Waals surface area (Å²) in [7, 11) is 0. The van der Waals surface area contributed by atoms with Crippen molar-refractivity contribution in [1.82, 2.24) is 9.78 Å². The average molecular weight is 341 g/mol. The predicted octanol–water partition coefficient (Wildman–Crippen LogP) is 4.10. The first-order chi connectivity index (χ1) is 9.22. The fourth-order valence-electron chi connectivity index (χ4n) is 2.66. The van der Waals surface area contributed by atoms with Crippen molar-refractivity contribution < 1.29 is 5.11 Å². The van der Waals surface area contributed by atoms with E-state index in [0.717, 1.165) is 15.0 Å². The third-order valence-corrected chi connectivity index (χ3v) is 5.48. The molecule has 0 saturated heterocycles. The molecule has 19 heavy (non-hydrogen) atoms. The van der Waals surface area contributed by atoms with Crippen LogP contribution >= 0.6 is 27.3 Å². The molecule has 3 nitrogen and oxygen atoms in total. The third-order valence-electron chi connectivity index (χ3n) is 3.68. The number of hydrogen-bond donors (Lipinski definition) is 1. The Balaban J connectivity index is 1.66. The second-order valence-corrected chi connectivity index (χ2v) is 6.97. The minimum Gasteiger partial charge on any atom is -0.387 e. The summed E-state index contributed by atoms with van der Waals surface area (Å²) in [4.78, 5) is 0.988. The van der Waals surface area contributed by atoms with Gasteiger partial charge < -0.3 is 5.11 Å². The molecule has 1 unspecified atom stereocenters. The highest BCUT2D eigenvalue weighted by molar-refractivity contribution is 9.10. The van der Waals surface area contributed by atoms with Gasteiger partial charge in [0.1, 0.15) is 0 Å². The Hall–Kier alpha value is -0.650. The van der Waals surface area contributed by atoms with Crippen LogP contribution in [0.1, 0.15) is 48.4 Å². The predicted molar refractivity (Wildman–Crippen MR) is 80.4 cm³/mol. The number of halogens is 1. The van der Waals surface area contributed by atoms with Gasteiger partial charge in [-0.1, -0.05) is 12.8 Å². The van der Waals surface area contributed by atoms with E-state index < -0.39 is 6.10 Å². The average Bonchev–Trinajstić information content (AvgIpc) is 3.07. The fourth-order valence-corrected chi connectivity index (χ4v) is 4.09. The molecule has 0 aromatic carbocycles. The SMILES string of the molecule is OC(Cc1ccn(C2CCCC2)n1)c1cc(Br)cs1. The van der Waals surface area contributed by atoms with Gasteiger partial charge in [0.05, 0.1) is 17.8 Å². The van der Waals surface area contributed by atoms with E-state index in [2.05, 4.69) is 31.9 Å². The van der Waals surface area contributed by atoms with Crippen molar-refractivity contribution in [3.8, 4) is 0 Å². The van der Waals surface area contributed by atoms with E-state index in [0.29, 0.717) is 12.5 Å². The van der Waals surface area contributed by atoms with E-state index in [1.54, 1.807) is 11.3 Å². The first kappa shape index (κ1) is 13.3. The molecule has 1 N–H and O–H groups in total. The molecule has 102 valence electrons. The summed E-state index contributed by atoms with van der Waals surface area (Å²) in [5.41, 5.74) is 0.976. The molecule has 0 amide bonds. The minimum atomic E-state index is -0.455. The summed E-state index contributed by atoms with van der Waals surface area (Å²) in [5, 5.41) is 16.8. The van der Waals surface area contributed by atoms with Crippen LogP contribution in [0.2, 0.25) is 0 Å². The van der Waals surface area contributed by atoms with Crippen molar-refractivity contribution in [3.63, 3.8) is 0 Å². The van der Waals surface area contributed by atoms with Crippen LogP contribution in [-0.2, 0) is 6.42 Å². The van der Waals surface area contributed by atoms with E-state index in [1.165, 1.54) is 25.7 Å². The van der Waals surface area contributed by atoms with Gasteiger partial charge in [0, 0.05) is 27.3 Å². The van der Waals surface area contributed by atoms with E-state index >= 15 is 0 Å². The smallest absolute Gasteiger partial charge is 0.0938 e. The Kier molecular flexibility index (Phi) is 4.05. The molecule has 0 bridgehead atoms. The number of thiophene rings is 1. The summed E-state index contributed by atoms with van der Waals surface area (Å²) in [6.45, 7) is 0. The summed E-state index contributed by atoms with van der Waals surface area (Å²) in [6.07, 6.45) is 7.29. The topological polar surface area (TPSA) is 38.0 Å². The van der Waals surface area contributed by atoms with Crippen molar-refractivity contribution in [2.45, 2.75) is 44.2 Å². The summed E-state index contributed by atoms with van der Waals surface area (Å²) in [6, 6.07) is 4.58. The molecule has 1 fully saturated rings. The summed E-state index contributed by atoms with van der Waals surface area (Å²) < 4.78 is 3.11. The molecule has 3 rings (SSSR count). The van der Waals surface area contributed by atoms with E-state index in [4.69, 9.17) is 0 Å². The molecule has 1 atom stereocenters. The normalized spacial score (nSPS) is 18.0. The number of nitrogens with zero attached hydrogens (tertiary/aromatic N) is 2. The standard InChI is InChI=1S/C14H17BrN2OS/c15-10-7-14(19-9-10)13(18)8-11-5-6-17(16-11)12-3-1-2-4-12/h5-7,9,12-13,18H,1-4,8H2. The maximum atomic E-state index is 10.2. The summed E-state index contributed by atoms with van der Waals surface area (Å²) >= 11 is 4.99. The highest BCUT2D eigenvalue weighted by Gasteiger charge is 2.18. The van der Waals surface area contributed by atoms with Crippen LogP contribution in [0.25, 0.3) is 0 Å². The van der Waals surface area contributed by atoms with Crippen LogP contribution < -0.4 is 0 Å². The zero-order valence-corrected chi connectivity index (χ0v) is 13.0. The Morgan fingerprint density at radius 1 is 1.47 bits per heavy atom. The quantitative estimate of drug-likeness (QED) is 0.909. The third kappa shape index (κ3) is 3.09. The zero-order valence-electron chi connectivity index (χ0n) is 10.6. The van der Waals surface area contributed by atoms with Gasteiger partial charge in [-0.25, -0.2) is 0 Å². The number of aromatic nitrogens is 2. The van der Waals surface area contributed by atoms with Crippen LogP contribution in [0.5, 0.6) is 0 Å². The Labute approximate surface area is 125 Å². The van der Waals surface area contributed by atoms with Gasteiger partial charge in [-0.05, 0) is 40.9 Å². The maximum absolute atomic E-state index is 10.2. The minimum absolute atomic E-state index is 0.455. The number of aliphatic hydroxyl groups is 1. The molecule has 1 saturated carbocycles. The van der Waals surface area contributed by atoms with Crippen molar-refractivity contribution in [2.75, 3.05) is 0 Å². The molecule has 1 aliphatic rings. The van der Waals surface area contributed by atoms with E-state index in [9.17, 15) is 5.11 Å². The molecule has 0 radical (unpaired) electrons. The maximum Gasteiger partial charge on any atom is 0.0938 e. The second-order valence-electron chi connectivity index (χ2n) is 5.11. The van der Waals surface area contributed by atoms with Crippen molar-refractivity contribution >= 4 is 27.3 Å². The van der Waals surface area contributed by atoms with Crippen molar-refractivity contribution in [3.05, 3.63) is 38.8 Å². The lowest BCUT2D eigenvalue weighted by molar-refractivity contribution is 0.180.